The van der Waals surface area contributed by atoms with Gasteiger partial charge in [-0.1, -0.05) is 27.7 Å². The molecule has 1 aromatic carbocycles. The van der Waals surface area contributed by atoms with E-state index in [1.165, 1.54) is 16.4 Å². The number of morpholine rings is 1. The van der Waals surface area contributed by atoms with Crippen molar-refractivity contribution in [3.63, 3.8) is 0 Å². The molecule has 1 saturated heterocycles. The molecule has 1 unspecified atom stereocenters. The van der Waals surface area contributed by atoms with Crippen LogP contribution in [0.3, 0.4) is 0 Å². The van der Waals surface area contributed by atoms with E-state index in [4.69, 9.17) is 4.74 Å². The zero-order valence-corrected chi connectivity index (χ0v) is 19.2. The quantitative estimate of drug-likeness (QED) is 0.415. The monoisotopic (exact) mass is 442 g/mol. The van der Waals surface area contributed by atoms with Crippen LogP contribution in [0, 0.1) is 16.0 Å². The highest BCUT2D eigenvalue weighted by Crippen LogP contribution is 2.29. The molecule has 1 heterocycles. The van der Waals surface area contributed by atoms with E-state index in [0.29, 0.717) is 31.4 Å². The van der Waals surface area contributed by atoms with Crippen LogP contribution < -0.4 is 5.32 Å². The number of nitrogens with zero attached hydrogens (tertiary/aromatic N) is 3. The summed E-state index contributed by atoms with van der Waals surface area (Å²) in [5.41, 5.74) is 0.106. The Balaban J connectivity index is 2.25. The molecular weight excluding hydrogens is 408 g/mol. The predicted molar refractivity (Wildman–Crippen MR) is 117 cm³/mol. The summed E-state index contributed by atoms with van der Waals surface area (Å²) in [5, 5.41) is 14.9. The molecule has 1 aromatic rings. The van der Waals surface area contributed by atoms with E-state index in [0.717, 1.165) is 25.6 Å². The van der Waals surface area contributed by atoms with Gasteiger partial charge in [-0.15, -0.1) is 0 Å². The number of anilines is 1. The SMILES string of the molecule is CCN(CC)C(CNc1ccc(S(=O)(=O)N2CCOCC2)cc1[N+](=O)[O-])CC(C)C. The largest absolute Gasteiger partial charge is 0.379 e. The lowest BCUT2D eigenvalue weighted by atomic mass is 10.0. The average Bonchev–Trinajstić information content (AvgIpc) is 2.72. The first-order valence-corrected chi connectivity index (χ1v) is 12.0. The van der Waals surface area contributed by atoms with Gasteiger partial charge in [0.25, 0.3) is 5.69 Å². The van der Waals surface area contributed by atoms with Gasteiger partial charge in [-0.3, -0.25) is 15.0 Å². The van der Waals surface area contributed by atoms with Crippen molar-refractivity contribution >= 4 is 21.4 Å². The highest BCUT2D eigenvalue weighted by Gasteiger charge is 2.29. The zero-order valence-electron chi connectivity index (χ0n) is 18.3. The van der Waals surface area contributed by atoms with E-state index in [1.54, 1.807) is 0 Å². The molecule has 9 nitrogen and oxygen atoms in total. The number of ether oxygens (including phenoxy) is 1. The Labute approximate surface area is 179 Å². The predicted octanol–water partition coefficient (Wildman–Crippen LogP) is 2.78. The van der Waals surface area contributed by atoms with Crippen molar-refractivity contribution in [3.8, 4) is 0 Å². The van der Waals surface area contributed by atoms with Crippen LogP contribution in [0.25, 0.3) is 0 Å². The lowest BCUT2D eigenvalue weighted by Crippen LogP contribution is -2.41. The van der Waals surface area contributed by atoms with Gasteiger partial charge in [0.1, 0.15) is 5.69 Å². The van der Waals surface area contributed by atoms with Gasteiger partial charge in [-0.25, -0.2) is 8.42 Å². The molecule has 0 saturated carbocycles. The van der Waals surface area contributed by atoms with Crippen molar-refractivity contribution in [2.45, 2.75) is 45.1 Å². The molecule has 1 N–H and O–H groups in total. The molecule has 0 radical (unpaired) electrons. The smallest absolute Gasteiger partial charge is 0.293 e. The van der Waals surface area contributed by atoms with Gasteiger partial charge in [0.05, 0.1) is 23.0 Å². The van der Waals surface area contributed by atoms with Crippen LogP contribution in [-0.4, -0.2) is 74.5 Å². The van der Waals surface area contributed by atoms with Crippen LogP contribution in [0.5, 0.6) is 0 Å². The van der Waals surface area contributed by atoms with Crippen molar-refractivity contribution < 1.29 is 18.1 Å². The molecule has 1 fully saturated rings. The van der Waals surface area contributed by atoms with Crippen LogP contribution in [0.4, 0.5) is 11.4 Å². The molecule has 30 heavy (non-hydrogen) atoms. The number of nitrogens with one attached hydrogen (secondary N) is 1. The van der Waals surface area contributed by atoms with Gasteiger partial charge in [-0.05, 0) is 37.6 Å². The van der Waals surface area contributed by atoms with Gasteiger partial charge in [0.2, 0.25) is 10.0 Å². The third-order valence-electron chi connectivity index (χ3n) is 5.37. The molecule has 1 atom stereocenters. The number of hydrogen-bond acceptors (Lipinski definition) is 7. The number of likely N-dealkylation sites (N-methyl/N-ethyl adjacent to an activating group) is 1. The molecule has 10 heteroatoms. The van der Waals surface area contributed by atoms with Crippen LogP contribution >= 0.6 is 0 Å². The summed E-state index contributed by atoms with van der Waals surface area (Å²) < 4.78 is 32.2. The Bertz CT molecular complexity index is 805. The third-order valence-corrected chi connectivity index (χ3v) is 7.27. The number of hydrogen-bond donors (Lipinski definition) is 1. The molecule has 0 aromatic heterocycles. The van der Waals surface area contributed by atoms with E-state index in [-0.39, 0.29) is 29.7 Å². The number of sulfonamides is 1. The fourth-order valence-electron chi connectivity index (χ4n) is 3.78. The van der Waals surface area contributed by atoms with Crippen molar-refractivity contribution in [2.24, 2.45) is 5.92 Å². The lowest BCUT2D eigenvalue weighted by molar-refractivity contribution is -0.384. The molecule has 0 amide bonds. The molecule has 1 aliphatic rings. The van der Waals surface area contributed by atoms with Gasteiger partial charge < -0.3 is 10.1 Å². The minimum atomic E-state index is -3.79. The Morgan fingerprint density at radius 2 is 1.87 bits per heavy atom. The Morgan fingerprint density at radius 3 is 2.40 bits per heavy atom. The summed E-state index contributed by atoms with van der Waals surface area (Å²) in [6, 6.07) is 4.33. The van der Waals surface area contributed by atoms with Crippen molar-refractivity contribution in [2.75, 3.05) is 51.3 Å². The van der Waals surface area contributed by atoms with Gasteiger partial charge in [0, 0.05) is 31.7 Å². The first kappa shape index (κ1) is 24.5. The standard InChI is InChI=1S/C20H34N4O5S/c1-5-22(6-2)17(13-16(3)4)15-21-19-8-7-18(14-20(19)24(25)26)30(27,28)23-9-11-29-12-10-23/h7-8,14,16-17,21H,5-6,9-13,15H2,1-4H3. The third kappa shape index (κ3) is 6.13. The maximum absolute atomic E-state index is 12.8. The second kappa shape index (κ2) is 11.0. The summed E-state index contributed by atoms with van der Waals surface area (Å²) in [7, 11) is -3.79. The first-order chi connectivity index (χ1) is 14.2. The summed E-state index contributed by atoms with van der Waals surface area (Å²) in [6.07, 6.45) is 0.964. The van der Waals surface area contributed by atoms with Crippen LogP contribution in [0.2, 0.25) is 0 Å². The van der Waals surface area contributed by atoms with E-state index in [9.17, 15) is 18.5 Å². The number of nitro benzene ring substituents is 1. The molecule has 170 valence electrons. The molecule has 0 spiro atoms. The number of rotatable bonds is 11. The second-order valence-electron chi connectivity index (χ2n) is 7.84. The van der Waals surface area contributed by atoms with Gasteiger partial charge in [0.15, 0.2) is 0 Å². The Kier molecular flexibility index (Phi) is 9.02. The van der Waals surface area contributed by atoms with Crippen molar-refractivity contribution in [1.29, 1.82) is 0 Å². The van der Waals surface area contributed by atoms with E-state index >= 15 is 0 Å². The fraction of sp³-hybridized carbons (Fsp3) is 0.700. The van der Waals surface area contributed by atoms with E-state index < -0.39 is 14.9 Å². The maximum Gasteiger partial charge on any atom is 0.293 e. The summed E-state index contributed by atoms with van der Waals surface area (Å²) in [6.45, 7) is 12.0. The molecule has 1 aliphatic heterocycles. The van der Waals surface area contributed by atoms with Crippen LogP contribution in [-0.2, 0) is 14.8 Å². The Hall–Kier alpha value is -1.75. The number of benzene rings is 1. The summed E-state index contributed by atoms with van der Waals surface area (Å²) in [5.74, 6) is 0.494. The topological polar surface area (TPSA) is 105 Å². The highest BCUT2D eigenvalue weighted by atomic mass is 32.2. The average molecular weight is 443 g/mol. The van der Waals surface area contributed by atoms with Crippen molar-refractivity contribution in [1.82, 2.24) is 9.21 Å². The van der Waals surface area contributed by atoms with E-state index in [2.05, 4.69) is 37.9 Å². The zero-order chi connectivity index (χ0) is 22.3. The van der Waals surface area contributed by atoms with Gasteiger partial charge >= 0.3 is 0 Å². The minimum absolute atomic E-state index is 0.0656. The van der Waals surface area contributed by atoms with Gasteiger partial charge in [-0.2, -0.15) is 4.31 Å². The first-order valence-electron chi connectivity index (χ1n) is 10.5. The van der Waals surface area contributed by atoms with Crippen LogP contribution in [0.1, 0.15) is 34.1 Å². The number of nitro groups is 1. The van der Waals surface area contributed by atoms with Crippen molar-refractivity contribution in [3.05, 3.63) is 28.3 Å². The van der Waals surface area contributed by atoms with E-state index in [1.807, 2.05) is 0 Å². The lowest BCUT2D eigenvalue weighted by Gasteiger charge is -2.31. The highest BCUT2D eigenvalue weighted by molar-refractivity contribution is 7.89. The second-order valence-corrected chi connectivity index (χ2v) is 9.78. The normalized spacial score (nSPS) is 16.7. The molecular formula is C20H34N4O5S. The maximum atomic E-state index is 12.8. The van der Waals surface area contributed by atoms with Crippen LogP contribution in [0.15, 0.2) is 23.1 Å². The minimum Gasteiger partial charge on any atom is -0.379 e. The summed E-state index contributed by atoms with van der Waals surface area (Å²) in [4.78, 5) is 13.4. The fourth-order valence-corrected chi connectivity index (χ4v) is 5.21. The molecule has 2 rings (SSSR count). The molecule has 0 bridgehead atoms. The Morgan fingerprint density at radius 1 is 1.23 bits per heavy atom. The summed E-state index contributed by atoms with van der Waals surface area (Å²) >= 11 is 0. The molecule has 0 aliphatic carbocycles.